The molecule has 0 aromatic carbocycles. The lowest BCUT2D eigenvalue weighted by Gasteiger charge is -2.36. The molecule has 7 heteroatoms. The molecule has 1 atom stereocenters. The molecule has 114 valence electrons. The average molecular weight is 300 g/mol. The lowest BCUT2D eigenvalue weighted by atomic mass is 10.0. The Kier molecular flexibility index (Phi) is 4.51. The predicted octanol–water partition coefficient (Wildman–Crippen LogP) is 1.34. The number of nitrogens with one attached hydrogen (secondary N) is 2. The first kappa shape index (κ1) is 15.5. The minimum absolute atomic E-state index is 0.0104. The van der Waals surface area contributed by atoms with E-state index in [-0.39, 0.29) is 16.6 Å². The molecular weight excluding hydrogens is 276 g/mol. The monoisotopic (exact) mass is 300 g/mol. The summed E-state index contributed by atoms with van der Waals surface area (Å²) >= 11 is 0. The Balaban J connectivity index is 2.15. The topological polar surface area (TPSA) is 78.1 Å². The number of hydrogen-bond acceptors (Lipinski definition) is 4. The second-order valence-corrected chi connectivity index (χ2v) is 8.17. The highest BCUT2D eigenvalue weighted by Crippen LogP contribution is 2.24. The third kappa shape index (κ3) is 3.59. The van der Waals surface area contributed by atoms with Crippen LogP contribution in [-0.2, 0) is 10.0 Å². The third-order valence-corrected chi connectivity index (χ3v) is 5.38. The summed E-state index contributed by atoms with van der Waals surface area (Å²) in [6.45, 7) is 7.52. The number of piperidine rings is 1. The van der Waals surface area contributed by atoms with Crippen molar-refractivity contribution in [2.45, 2.75) is 56.6 Å². The molecule has 2 rings (SSSR count). The summed E-state index contributed by atoms with van der Waals surface area (Å²) in [6.07, 6.45) is 5.67. The van der Waals surface area contributed by atoms with Crippen molar-refractivity contribution in [1.29, 1.82) is 0 Å². The molecule has 2 N–H and O–H groups in total. The van der Waals surface area contributed by atoms with E-state index in [1.807, 2.05) is 0 Å². The number of aromatic amines is 1. The third-order valence-electron chi connectivity index (χ3n) is 3.50. The van der Waals surface area contributed by atoms with Gasteiger partial charge in [-0.05, 0) is 33.6 Å². The highest BCUT2D eigenvalue weighted by Gasteiger charge is 2.34. The molecule has 0 spiro atoms. The predicted molar refractivity (Wildman–Crippen MR) is 77.9 cm³/mol. The van der Waals surface area contributed by atoms with Gasteiger partial charge in [-0.25, -0.2) is 13.4 Å². The molecule has 6 nitrogen and oxygen atoms in total. The van der Waals surface area contributed by atoms with Crippen LogP contribution in [0.1, 0.15) is 40.0 Å². The van der Waals surface area contributed by atoms with Gasteiger partial charge < -0.3 is 10.3 Å². The van der Waals surface area contributed by atoms with E-state index in [4.69, 9.17) is 0 Å². The Morgan fingerprint density at radius 3 is 2.80 bits per heavy atom. The van der Waals surface area contributed by atoms with E-state index < -0.39 is 10.0 Å². The van der Waals surface area contributed by atoms with Crippen molar-refractivity contribution in [3.8, 4) is 0 Å². The van der Waals surface area contributed by atoms with Gasteiger partial charge in [-0.2, -0.15) is 4.31 Å². The van der Waals surface area contributed by atoms with E-state index in [9.17, 15) is 8.42 Å². The maximum atomic E-state index is 12.6. The summed E-state index contributed by atoms with van der Waals surface area (Å²) in [7, 11) is -3.46. The number of hydrogen-bond donors (Lipinski definition) is 2. The molecule has 0 bridgehead atoms. The fraction of sp³-hybridized carbons (Fsp3) is 0.769. The van der Waals surface area contributed by atoms with E-state index in [2.05, 4.69) is 36.1 Å². The van der Waals surface area contributed by atoms with Gasteiger partial charge in [-0.15, -0.1) is 0 Å². The number of nitrogens with zero attached hydrogens (tertiary/aromatic N) is 2. The molecule has 1 aliphatic rings. The fourth-order valence-corrected chi connectivity index (χ4v) is 4.02. The minimum atomic E-state index is -3.46. The molecule has 1 aliphatic heterocycles. The Morgan fingerprint density at radius 1 is 1.45 bits per heavy atom. The molecule has 0 amide bonds. The largest absolute Gasteiger partial charge is 0.335 e. The summed E-state index contributed by atoms with van der Waals surface area (Å²) in [5, 5.41) is 3.59. The van der Waals surface area contributed by atoms with Crippen LogP contribution >= 0.6 is 0 Å². The Labute approximate surface area is 121 Å². The van der Waals surface area contributed by atoms with E-state index in [1.165, 1.54) is 12.5 Å². The first-order chi connectivity index (χ1) is 9.31. The molecule has 1 fully saturated rings. The van der Waals surface area contributed by atoms with Crippen LogP contribution in [-0.4, -0.2) is 47.4 Å². The lowest BCUT2D eigenvalue weighted by Crippen LogP contribution is -2.51. The van der Waals surface area contributed by atoms with Gasteiger partial charge in [0.2, 0.25) is 0 Å². The Morgan fingerprint density at radius 2 is 2.20 bits per heavy atom. The SMILES string of the molecule is CC(C)(C)NCC1CCCCN1S(=O)(=O)c1cnc[nH]1. The van der Waals surface area contributed by atoms with Crippen LogP contribution in [0.25, 0.3) is 0 Å². The van der Waals surface area contributed by atoms with Crippen LogP contribution in [0.4, 0.5) is 0 Å². The summed E-state index contributed by atoms with van der Waals surface area (Å²) in [6, 6.07) is 0.0104. The van der Waals surface area contributed by atoms with Gasteiger partial charge in [0.1, 0.15) is 0 Å². The zero-order valence-corrected chi connectivity index (χ0v) is 13.2. The van der Waals surface area contributed by atoms with E-state index in [1.54, 1.807) is 4.31 Å². The van der Waals surface area contributed by atoms with E-state index in [0.29, 0.717) is 13.1 Å². The van der Waals surface area contributed by atoms with Crippen LogP contribution in [0.5, 0.6) is 0 Å². The zero-order chi connectivity index (χ0) is 14.8. The Hall–Kier alpha value is -0.920. The quantitative estimate of drug-likeness (QED) is 0.879. The number of sulfonamides is 1. The van der Waals surface area contributed by atoms with Gasteiger partial charge in [0.25, 0.3) is 10.0 Å². The van der Waals surface area contributed by atoms with Crippen molar-refractivity contribution in [2.75, 3.05) is 13.1 Å². The molecule has 1 saturated heterocycles. The highest BCUT2D eigenvalue weighted by atomic mass is 32.2. The summed E-state index contributed by atoms with van der Waals surface area (Å²) < 4.78 is 26.8. The van der Waals surface area contributed by atoms with Crippen molar-refractivity contribution in [3.05, 3.63) is 12.5 Å². The van der Waals surface area contributed by atoms with E-state index >= 15 is 0 Å². The van der Waals surface area contributed by atoms with Crippen molar-refractivity contribution in [1.82, 2.24) is 19.6 Å². The second-order valence-electron chi connectivity index (χ2n) is 6.31. The number of rotatable bonds is 4. The molecule has 20 heavy (non-hydrogen) atoms. The van der Waals surface area contributed by atoms with Crippen molar-refractivity contribution in [3.63, 3.8) is 0 Å². The molecular formula is C13H24N4O2S. The van der Waals surface area contributed by atoms with Crippen LogP contribution in [0.2, 0.25) is 0 Å². The van der Waals surface area contributed by atoms with Crippen LogP contribution in [0.15, 0.2) is 17.6 Å². The standard InChI is InChI=1S/C13H24N4O2S/c1-13(2,3)16-8-11-6-4-5-7-17(11)20(18,19)12-9-14-10-15-12/h9-11,16H,4-8H2,1-3H3,(H,14,15). The summed E-state index contributed by atoms with van der Waals surface area (Å²) in [5.41, 5.74) is -0.0130. The molecule has 0 aliphatic carbocycles. The average Bonchev–Trinajstić information content (AvgIpc) is 2.90. The molecule has 0 saturated carbocycles. The van der Waals surface area contributed by atoms with Crippen LogP contribution < -0.4 is 5.32 Å². The molecule has 1 aromatic rings. The normalized spacial score (nSPS) is 22.1. The van der Waals surface area contributed by atoms with Gasteiger partial charge in [-0.1, -0.05) is 6.42 Å². The van der Waals surface area contributed by atoms with Gasteiger partial charge in [0.05, 0.1) is 12.5 Å². The second kappa shape index (κ2) is 5.83. The maximum absolute atomic E-state index is 12.6. The summed E-state index contributed by atoms with van der Waals surface area (Å²) in [4.78, 5) is 6.52. The van der Waals surface area contributed by atoms with E-state index in [0.717, 1.165) is 19.3 Å². The highest BCUT2D eigenvalue weighted by molar-refractivity contribution is 7.89. The van der Waals surface area contributed by atoms with Crippen molar-refractivity contribution in [2.24, 2.45) is 0 Å². The molecule has 1 unspecified atom stereocenters. The first-order valence-corrected chi connectivity index (χ1v) is 8.50. The van der Waals surface area contributed by atoms with Crippen LogP contribution in [0, 0.1) is 0 Å². The number of H-pyrrole nitrogens is 1. The lowest BCUT2D eigenvalue weighted by molar-refractivity contribution is 0.230. The molecule has 1 aromatic heterocycles. The number of aromatic nitrogens is 2. The van der Waals surface area contributed by atoms with Gasteiger partial charge >= 0.3 is 0 Å². The molecule has 0 radical (unpaired) electrons. The summed E-state index contributed by atoms with van der Waals surface area (Å²) in [5.74, 6) is 0. The first-order valence-electron chi connectivity index (χ1n) is 7.06. The minimum Gasteiger partial charge on any atom is -0.335 e. The number of imidazole rings is 1. The fourth-order valence-electron chi connectivity index (χ4n) is 2.43. The van der Waals surface area contributed by atoms with Crippen LogP contribution in [0.3, 0.4) is 0 Å². The van der Waals surface area contributed by atoms with Gasteiger partial charge in [-0.3, -0.25) is 0 Å². The smallest absolute Gasteiger partial charge is 0.260 e. The Bertz CT molecular complexity index is 519. The van der Waals surface area contributed by atoms with Gasteiger partial charge in [0, 0.05) is 24.7 Å². The van der Waals surface area contributed by atoms with Gasteiger partial charge in [0.15, 0.2) is 5.03 Å². The van der Waals surface area contributed by atoms with Crippen molar-refractivity contribution < 1.29 is 8.42 Å². The zero-order valence-electron chi connectivity index (χ0n) is 12.4. The maximum Gasteiger partial charge on any atom is 0.260 e. The molecule has 2 heterocycles. The van der Waals surface area contributed by atoms with Crippen molar-refractivity contribution >= 4 is 10.0 Å².